The summed E-state index contributed by atoms with van der Waals surface area (Å²) in [5.74, 6) is 0. The van der Waals surface area contributed by atoms with Crippen molar-refractivity contribution in [3.05, 3.63) is 64.1 Å². The first-order chi connectivity index (χ1) is 10.5. The second-order valence-corrected chi connectivity index (χ2v) is 5.97. The SMILES string of the molecule is C[C@H](CCc1ccccc1)NC(=O)Nc1ccc(Cl)c(Cl)c1. The summed E-state index contributed by atoms with van der Waals surface area (Å²) in [6.45, 7) is 1.98. The zero-order chi connectivity index (χ0) is 15.9. The number of rotatable bonds is 5. The molecule has 0 heterocycles. The predicted octanol–water partition coefficient (Wildman–Crippen LogP) is 5.14. The molecule has 0 saturated carbocycles. The van der Waals surface area contributed by atoms with Crippen LogP contribution in [0, 0.1) is 0 Å². The molecular formula is C17H18Cl2N2O. The number of aryl methyl sites for hydroxylation is 1. The molecule has 0 saturated heterocycles. The van der Waals surface area contributed by atoms with Gasteiger partial charge in [0.2, 0.25) is 0 Å². The standard InChI is InChI=1S/C17H18Cl2N2O/c1-12(7-8-13-5-3-2-4-6-13)20-17(22)21-14-9-10-15(18)16(19)11-14/h2-6,9-12H,7-8H2,1H3,(H2,20,21,22)/t12-/m1/s1. The molecule has 1 atom stereocenters. The zero-order valence-corrected chi connectivity index (χ0v) is 13.8. The van der Waals surface area contributed by atoms with Gasteiger partial charge in [-0.05, 0) is 43.5 Å². The second-order valence-electron chi connectivity index (χ2n) is 5.15. The molecule has 22 heavy (non-hydrogen) atoms. The molecule has 2 aromatic carbocycles. The number of nitrogens with one attached hydrogen (secondary N) is 2. The van der Waals surface area contributed by atoms with Crippen LogP contribution < -0.4 is 10.6 Å². The topological polar surface area (TPSA) is 41.1 Å². The van der Waals surface area contributed by atoms with Gasteiger partial charge in [-0.1, -0.05) is 53.5 Å². The minimum Gasteiger partial charge on any atom is -0.335 e. The summed E-state index contributed by atoms with van der Waals surface area (Å²) >= 11 is 11.8. The van der Waals surface area contributed by atoms with E-state index in [-0.39, 0.29) is 12.1 Å². The normalized spacial score (nSPS) is 11.8. The molecule has 2 amide bonds. The van der Waals surface area contributed by atoms with E-state index in [1.54, 1.807) is 18.2 Å². The van der Waals surface area contributed by atoms with Gasteiger partial charge in [0.05, 0.1) is 10.0 Å². The Labute approximate surface area is 140 Å². The molecule has 0 unspecified atom stereocenters. The molecule has 2 N–H and O–H groups in total. The first kappa shape index (κ1) is 16.7. The highest BCUT2D eigenvalue weighted by molar-refractivity contribution is 6.42. The Morgan fingerprint density at radius 1 is 1.09 bits per heavy atom. The number of benzene rings is 2. The van der Waals surface area contributed by atoms with Crippen molar-refractivity contribution in [3.63, 3.8) is 0 Å². The van der Waals surface area contributed by atoms with Crippen LogP contribution in [-0.4, -0.2) is 12.1 Å². The Morgan fingerprint density at radius 2 is 1.82 bits per heavy atom. The quantitative estimate of drug-likeness (QED) is 0.780. The fourth-order valence-corrected chi connectivity index (χ4v) is 2.36. The van der Waals surface area contributed by atoms with Crippen LogP contribution in [0.15, 0.2) is 48.5 Å². The van der Waals surface area contributed by atoms with E-state index in [1.807, 2.05) is 25.1 Å². The van der Waals surface area contributed by atoms with Gasteiger partial charge in [-0.3, -0.25) is 0 Å². The summed E-state index contributed by atoms with van der Waals surface area (Å²) in [4.78, 5) is 11.9. The molecule has 0 aliphatic carbocycles. The maximum absolute atomic E-state index is 11.9. The Morgan fingerprint density at radius 3 is 2.50 bits per heavy atom. The third-order valence-corrected chi connectivity index (χ3v) is 4.00. The fourth-order valence-electron chi connectivity index (χ4n) is 2.06. The van der Waals surface area contributed by atoms with Gasteiger partial charge >= 0.3 is 6.03 Å². The van der Waals surface area contributed by atoms with Crippen molar-refractivity contribution in [2.45, 2.75) is 25.8 Å². The highest BCUT2D eigenvalue weighted by Gasteiger charge is 2.08. The summed E-state index contributed by atoms with van der Waals surface area (Å²) in [5, 5.41) is 6.53. The predicted molar refractivity (Wildman–Crippen MR) is 92.8 cm³/mol. The van der Waals surface area contributed by atoms with Crippen molar-refractivity contribution < 1.29 is 4.79 Å². The largest absolute Gasteiger partial charge is 0.335 e. The maximum Gasteiger partial charge on any atom is 0.319 e. The molecule has 0 fully saturated rings. The monoisotopic (exact) mass is 336 g/mol. The molecule has 0 bridgehead atoms. The number of anilines is 1. The minimum absolute atomic E-state index is 0.0722. The first-order valence-corrected chi connectivity index (χ1v) is 7.86. The molecular weight excluding hydrogens is 319 g/mol. The Balaban J connectivity index is 1.79. The van der Waals surface area contributed by atoms with Gasteiger partial charge in [0.1, 0.15) is 0 Å². The number of hydrogen-bond acceptors (Lipinski definition) is 1. The lowest BCUT2D eigenvalue weighted by atomic mass is 10.1. The van der Waals surface area contributed by atoms with Gasteiger partial charge in [0.15, 0.2) is 0 Å². The van der Waals surface area contributed by atoms with E-state index in [0.717, 1.165) is 12.8 Å². The molecule has 0 aliphatic heterocycles. The van der Waals surface area contributed by atoms with Gasteiger partial charge < -0.3 is 10.6 Å². The van der Waals surface area contributed by atoms with Crippen LogP contribution in [0.2, 0.25) is 10.0 Å². The van der Waals surface area contributed by atoms with E-state index in [0.29, 0.717) is 15.7 Å². The molecule has 0 aromatic heterocycles. The van der Waals surface area contributed by atoms with E-state index in [4.69, 9.17) is 23.2 Å². The van der Waals surface area contributed by atoms with Crippen molar-refractivity contribution in [1.82, 2.24) is 5.32 Å². The third kappa shape index (κ3) is 5.24. The summed E-state index contributed by atoms with van der Waals surface area (Å²) < 4.78 is 0. The molecule has 2 aromatic rings. The Bertz CT molecular complexity index is 632. The molecule has 0 aliphatic rings. The van der Waals surface area contributed by atoms with Crippen molar-refractivity contribution >= 4 is 34.9 Å². The Hall–Kier alpha value is -1.71. The van der Waals surface area contributed by atoms with E-state index in [9.17, 15) is 4.79 Å². The number of halogens is 2. The smallest absolute Gasteiger partial charge is 0.319 e. The fraction of sp³-hybridized carbons (Fsp3) is 0.235. The number of urea groups is 1. The van der Waals surface area contributed by atoms with Crippen molar-refractivity contribution in [1.29, 1.82) is 0 Å². The molecule has 2 rings (SSSR count). The number of carbonyl (C=O) groups excluding carboxylic acids is 1. The van der Waals surface area contributed by atoms with Crippen molar-refractivity contribution in [3.8, 4) is 0 Å². The van der Waals surface area contributed by atoms with Gasteiger partial charge in [-0.2, -0.15) is 0 Å². The maximum atomic E-state index is 11.9. The average molecular weight is 337 g/mol. The van der Waals surface area contributed by atoms with Crippen LogP contribution in [0.25, 0.3) is 0 Å². The molecule has 0 spiro atoms. The first-order valence-electron chi connectivity index (χ1n) is 7.11. The number of carbonyl (C=O) groups is 1. The molecule has 116 valence electrons. The lowest BCUT2D eigenvalue weighted by Crippen LogP contribution is -2.36. The van der Waals surface area contributed by atoms with Crippen LogP contribution in [0.3, 0.4) is 0 Å². The lowest BCUT2D eigenvalue weighted by Gasteiger charge is -2.15. The molecule has 0 radical (unpaired) electrons. The van der Waals surface area contributed by atoms with E-state index >= 15 is 0 Å². The summed E-state index contributed by atoms with van der Waals surface area (Å²) in [6.07, 6.45) is 1.80. The van der Waals surface area contributed by atoms with Crippen LogP contribution in [0.4, 0.5) is 10.5 Å². The highest BCUT2D eigenvalue weighted by atomic mass is 35.5. The van der Waals surface area contributed by atoms with Gasteiger partial charge in [-0.15, -0.1) is 0 Å². The van der Waals surface area contributed by atoms with Gasteiger partial charge in [0.25, 0.3) is 0 Å². The van der Waals surface area contributed by atoms with E-state index in [1.165, 1.54) is 5.56 Å². The van der Waals surface area contributed by atoms with Crippen LogP contribution in [0.5, 0.6) is 0 Å². The van der Waals surface area contributed by atoms with E-state index in [2.05, 4.69) is 22.8 Å². The molecule has 3 nitrogen and oxygen atoms in total. The van der Waals surface area contributed by atoms with Crippen LogP contribution in [-0.2, 0) is 6.42 Å². The van der Waals surface area contributed by atoms with Crippen molar-refractivity contribution in [2.24, 2.45) is 0 Å². The second kappa shape index (κ2) is 8.06. The highest BCUT2D eigenvalue weighted by Crippen LogP contribution is 2.24. The molecule has 5 heteroatoms. The Kier molecular flexibility index (Phi) is 6.10. The summed E-state index contributed by atoms with van der Waals surface area (Å²) in [7, 11) is 0. The van der Waals surface area contributed by atoms with Crippen LogP contribution >= 0.6 is 23.2 Å². The zero-order valence-electron chi connectivity index (χ0n) is 12.3. The summed E-state index contributed by atoms with van der Waals surface area (Å²) in [5.41, 5.74) is 1.88. The third-order valence-electron chi connectivity index (χ3n) is 3.26. The van der Waals surface area contributed by atoms with Crippen molar-refractivity contribution in [2.75, 3.05) is 5.32 Å². The average Bonchev–Trinajstić information content (AvgIpc) is 2.50. The summed E-state index contributed by atoms with van der Waals surface area (Å²) in [6, 6.07) is 15.0. The number of amides is 2. The number of hydrogen-bond donors (Lipinski definition) is 2. The lowest BCUT2D eigenvalue weighted by molar-refractivity contribution is 0.248. The van der Waals surface area contributed by atoms with Gasteiger partial charge in [-0.25, -0.2) is 4.79 Å². The van der Waals surface area contributed by atoms with E-state index < -0.39 is 0 Å². The van der Waals surface area contributed by atoms with Crippen LogP contribution in [0.1, 0.15) is 18.9 Å². The minimum atomic E-state index is -0.251. The van der Waals surface area contributed by atoms with Gasteiger partial charge in [0, 0.05) is 11.7 Å².